The first-order valence-electron chi connectivity index (χ1n) is 7.36. The van der Waals surface area contributed by atoms with Gasteiger partial charge >= 0.3 is 0 Å². The SMILES string of the molecule is CCNC(Cc1ncnn1CC(C)C)c1cc(OC)cs1. The van der Waals surface area contributed by atoms with Crippen molar-refractivity contribution < 1.29 is 4.74 Å². The van der Waals surface area contributed by atoms with Gasteiger partial charge in [0.15, 0.2) is 0 Å². The maximum absolute atomic E-state index is 5.28. The molecule has 0 amide bonds. The zero-order valence-electron chi connectivity index (χ0n) is 13.2. The highest BCUT2D eigenvalue weighted by Crippen LogP contribution is 2.28. The van der Waals surface area contributed by atoms with Crippen LogP contribution in [0.5, 0.6) is 5.75 Å². The van der Waals surface area contributed by atoms with E-state index in [2.05, 4.69) is 42.2 Å². The lowest BCUT2D eigenvalue weighted by Gasteiger charge is -2.17. The largest absolute Gasteiger partial charge is 0.496 e. The van der Waals surface area contributed by atoms with E-state index in [0.29, 0.717) is 5.92 Å². The molecule has 1 N–H and O–H groups in total. The van der Waals surface area contributed by atoms with Crippen molar-refractivity contribution in [2.45, 2.75) is 39.8 Å². The van der Waals surface area contributed by atoms with Gasteiger partial charge in [-0.05, 0) is 18.5 Å². The Bertz CT molecular complexity index is 549. The van der Waals surface area contributed by atoms with Crippen LogP contribution in [0.25, 0.3) is 0 Å². The topological polar surface area (TPSA) is 52.0 Å². The standard InChI is InChI=1S/C15H24N4OS/c1-5-16-13(14-6-12(20-4)9-21-14)7-15-17-10-18-19(15)8-11(2)3/h6,9-11,13,16H,5,7-8H2,1-4H3. The molecule has 116 valence electrons. The van der Waals surface area contributed by atoms with Crippen molar-refractivity contribution >= 4 is 11.3 Å². The van der Waals surface area contributed by atoms with E-state index in [-0.39, 0.29) is 6.04 Å². The third kappa shape index (κ3) is 4.28. The van der Waals surface area contributed by atoms with E-state index in [9.17, 15) is 0 Å². The summed E-state index contributed by atoms with van der Waals surface area (Å²) >= 11 is 1.72. The summed E-state index contributed by atoms with van der Waals surface area (Å²) in [6.07, 6.45) is 2.49. The number of rotatable bonds is 8. The maximum atomic E-state index is 5.28. The van der Waals surface area contributed by atoms with Crippen LogP contribution in [0, 0.1) is 5.92 Å². The normalized spacial score (nSPS) is 12.8. The van der Waals surface area contributed by atoms with Crippen LogP contribution in [0.3, 0.4) is 0 Å². The molecule has 21 heavy (non-hydrogen) atoms. The van der Waals surface area contributed by atoms with Crippen molar-refractivity contribution in [3.8, 4) is 5.75 Å². The molecule has 0 spiro atoms. The number of likely N-dealkylation sites (N-methyl/N-ethyl adjacent to an activating group) is 1. The molecule has 6 heteroatoms. The summed E-state index contributed by atoms with van der Waals surface area (Å²) in [5, 5.41) is 9.91. The van der Waals surface area contributed by atoms with E-state index in [4.69, 9.17) is 4.74 Å². The van der Waals surface area contributed by atoms with Crippen LogP contribution in [0.2, 0.25) is 0 Å². The van der Waals surface area contributed by atoms with Gasteiger partial charge in [-0.1, -0.05) is 20.8 Å². The third-order valence-corrected chi connectivity index (χ3v) is 4.27. The average Bonchev–Trinajstić information content (AvgIpc) is 3.07. The first-order chi connectivity index (χ1) is 10.1. The lowest BCUT2D eigenvalue weighted by molar-refractivity contribution is 0.415. The molecular weight excluding hydrogens is 284 g/mol. The minimum absolute atomic E-state index is 0.249. The molecule has 1 unspecified atom stereocenters. The summed E-state index contributed by atoms with van der Waals surface area (Å²) in [6, 6.07) is 2.35. The predicted molar refractivity (Wildman–Crippen MR) is 85.9 cm³/mol. The van der Waals surface area contributed by atoms with E-state index in [1.807, 2.05) is 10.1 Å². The average molecular weight is 308 g/mol. The van der Waals surface area contributed by atoms with E-state index >= 15 is 0 Å². The Morgan fingerprint density at radius 3 is 2.86 bits per heavy atom. The molecule has 0 aliphatic rings. The number of thiophene rings is 1. The maximum Gasteiger partial charge on any atom is 0.138 e. The fourth-order valence-electron chi connectivity index (χ4n) is 2.27. The lowest BCUT2D eigenvalue weighted by atomic mass is 10.1. The lowest BCUT2D eigenvalue weighted by Crippen LogP contribution is -2.24. The Kier molecular flexibility index (Phi) is 5.76. The smallest absolute Gasteiger partial charge is 0.138 e. The van der Waals surface area contributed by atoms with Crippen LogP contribution in [0.1, 0.15) is 37.5 Å². The molecule has 0 saturated heterocycles. The molecule has 1 atom stereocenters. The van der Waals surface area contributed by atoms with Crippen LogP contribution < -0.4 is 10.1 Å². The number of ether oxygens (including phenoxy) is 1. The van der Waals surface area contributed by atoms with Gasteiger partial charge in [0, 0.05) is 29.3 Å². The number of hydrogen-bond donors (Lipinski definition) is 1. The Morgan fingerprint density at radius 1 is 1.43 bits per heavy atom. The molecule has 0 bridgehead atoms. The van der Waals surface area contributed by atoms with Gasteiger partial charge in [-0.15, -0.1) is 11.3 Å². The molecule has 0 aliphatic heterocycles. The second-order valence-electron chi connectivity index (χ2n) is 5.46. The van der Waals surface area contributed by atoms with Gasteiger partial charge < -0.3 is 10.1 Å². The molecule has 2 rings (SSSR count). The summed E-state index contributed by atoms with van der Waals surface area (Å²) in [7, 11) is 1.70. The molecule has 2 aromatic heterocycles. The van der Waals surface area contributed by atoms with Gasteiger partial charge in [0.05, 0.1) is 7.11 Å². The molecule has 5 nitrogen and oxygen atoms in total. The Morgan fingerprint density at radius 2 is 2.24 bits per heavy atom. The molecular formula is C15H24N4OS. The summed E-state index contributed by atoms with van der Waals surface area (Å²) < 4.78 is 7.30. The molecule has 0 radical (unpaired) electrons. The number of aromatic nitrogens is 3. The van der Waals surface area contributed by atoms with Crippen LogP contribution in [-0.4, -0.2) is 28.4 Å². The van der Waals surface area contributed by atoms with E-state index < -0.39 is 0 Å². The summed E-state index contributed by atoms with van der Waals surface area (Å²) in [6.45, 7) is 8.33. The van der Waals surface area contributed by atoms with Gasteiger partial charge in [-0.2, -0.15) is 5.10 Å². The first kappa shape index (κ1) is 16.0. The summed E-state index contributed by atoms with van der Waals surface area (Å²) in [4.78, 5) is 5.70. The molecule has 2 aromatic rings. The minimum atomic E-state index is 0.249. The molecule has 0 fully saturated rings. The molecule has 0 aliphatic carbocycles. The fraction of sp³-hybridized carbons (Fsp3) is 0.600. The highest BCUT2D eigenvalue weighted by molar-refractivity contribution is 7.10. The molecule has 2 heterocycles. The highest BCUT2D eigenvalue weighted by Gasteiger charge is 2.17. The molecule has 0 aromatic carbocycles. The van der Waals surface area contributed by atoms with Crippen LogP contribution in [0.4, 0.5) is 0 Å². The third-order valence-electron chi connectivity index (χ3n) is 3.25. The number of nitrogens with zero attached hydrogens (tertiary/aromatic N) is 3. The van der Waals surface area contributed by atoms with Gasteiger partial charge in [0.25, 0.3) is 0 Å². The van der Waals surface area contributed by atoms with Crippen molar-refractivity contribution in [3.63, 3.8) is 0 Å². The van der Waals surface area contributed by atoms with Gasteiger partial charge in [0.1, 0.15) is 17.9 Å². The highest BCUT2D eigenvalue weighted by atomic mass is 32.1. The van der Waals surface area contributed by atoms with Crippen molar-refractivity contribution in [1.82, 2.24) is 20.1 Å². The quantitative estimate of drug-likeness (QED) is 0.814. The van der Waals surface area contributed by atoms with Gasteiger partial charge in [-0.25, -0.2) is 9.67 Å². The summed E-state index contributed by atoms with van der Waals surface area (Å²) in [5.41, 5.74) is 0. The van der Waals surface area contributed by atoms with Crippen molar-refractivity contribution in [1.29, 1.82) is 0 Å². The van der Waals surface area contributed by atoms with Crippen LogP contribution in [0.15, 0.2) is 17.8 Å². The van der Waals surface area contributed by atoms with Crippen LogP contribution >= 0.6 is 11.3 Å². The van der Waals surface area contributed by atoms with Crippen molar-refractivity contribution in [2.75, 3.05) is 13.7 Å². The fourth-order valence-corrected chi connectivity index (χ4v) is 3.20. The van der Waals surface area contributed by atoms with Crippen LogP contribution in [-0.2, 0) is 13.0 Å². The Hall–Kier alpha value is -1.40. The summed E-state index contributed by atoms with van der Waals surface area (Å²) in [5.74, 6) is 2.51. The molecule has 0 saturated carbocycles. The Labute approximate surface area is 130 Å². The number of nitrogens with one attached hydrogen (secondary N) is 1. The van der Waals surface area contributed by atoms with Gasteiger partial charge in [0.2, 0.25) is 0 Å². The first-order valence-corrected chi connectivity index (χ1v) is 8.24. The van der Waals surface area contributed by atoms with Gasteiger partial charge in [-0.3, -0.25) is 0 Å². The second kappa shape index (κ2) is 7.56. The zero-order valence-corrected chi connectivity index (χ0v) is 14.0. The Balaban J connectivity index is 2.14. The van der Waals surface area contributed by atoms with Crippen molar-refractivity contribution in [2.24, 2.45) is 5.92 Å². The monoisotopic (exact) mass is 308 g/mol. The zero-order chi connectivity index (χ0) is 15.2. The van der Waals surface area contributed by atoms with E-state index in [0.717, 1.165) is 31.1 Å². The minimum Gasteiger partial charge on any atom is -0.496 e. The predicted octanol–water partition coefficient (Wildman–Crippen LogP) is 2.90. The van der Waals surface area contributed by atoms with E-state index in [1.54, 1.807) is 24.8 Å². The number of methoxy groups -OCH3 is 1. The van der Waals surface area contributed by atoms with E-state index in [1.165, 1.54) is 4.88 Å². The van der Waals surface area contributed by atoms with Crippen molar-refractivity contribution in [3.05, 3.63) is 28.5 Å². The number of hydrogen-bond acceptors (Lipinski definition) is 5. The second-order valence-corrected chi connectivity index (χ2v) is 6.40.